The molecular formula is C21H24N2O2. The van der Waals surface area contributed by atoms with Crippen LogP contribution in [0.5, 0.6) is 5.75 Å². The van der Waals surface area contributed by atoms with Gasteiger partial charge in [-0.15, -0.1) is 0 Å². The molecule has 2 aromatic carbocycles. The van der Waals surface area contributed by atoms with E-state index in [1.54, 1.807) is 12.1 Å². The van der Waals surface area contributed by atoms with Crippen molar-refractivity contribution in [2.45, 2.75) is 31.6 Å². The van der Waals surface area contributed by atoms with Crippen molar-refractivity contribution in [1.82, 2.24) is 0 Å². The van der Waals surface area contributed by atoms with Crippen LogP contribution in [0.1, 0.15) is 37.2 Å². The number of phenolic OH excluding ortho intramolecular Hbond substituents is 1. The number of nitrogens with one attached hydrogen (secondary N) is 1. The van der Waals surface area contributed by atoms with E-state index in [1.165, 1.54) is 24.9 Å². The van der Waals surface area contributed by atoms with E-state index in [0.29, 0.717) is 0 Å². The zero-order valence-electron chi connectivity index (χ0n) is 14.3. The lowest BCUT2D eigenvalue weighted by Crippen LogP contribution is -2.29. The molecule has 4 rings (SSSR count). The highest BCUT2D eigenvalue weighted by atomic mass is 16.3. The number of hydrogen-bond acceptors (Lipinski definition) is 3. The first-order valence-corrected chi connectivity index (χ1v) is 9.15. The molecule has 0 spiro atoms. The molecule has 0 aromatic heterocycles. The molecule has 0 bridgehead atoms. The SMILES string of the molecule is O=C(Nc1ccc(N2CCCCC2)cc1)C1CC1c1ccc(O)cc1. The summed E-state index contributed by atoms with van der Waals surface area (Å²) < 4.78 is 0. The first kappa shape index (κ1) is 16.0. The third kappa shape index (κ3) is 3.63. The largest absolute Gasteiger partial charge is 0.508 e. The molecule has 2 fully saturated rings. The van der Waals surface area contributed by atoms with Crippen molar-refractivity contribution in [2.75, 3.05) is 23.3 Å². The number of phenols is 1. The van der Waals surface area contributed by atoms with Gasteiger partial charge in [-0.05, 0) is 73.6 Å². The lowest BCUT2D eigenvalue weighted by molar-refractivity contribution is -0.117. The zero-order chi connectivity index (χ0) is 17.2. The summed E-state index contributed by atoms with van der Waals surface area (Å²) in [4.78, 5) is 14.9. The summed E-state index contributed by atoms with van der Waals surface area (Å²) in [6, 6.07) is 15.4. The van der Waals surface area contributed by atoms with E-state index >= 15 is 0 Å². The van der Waals surface area contributed by atoms with Crippen LogP contribution in [0.3, 0.4) is 0 Å². The van der Waals surface area contributed by atoms with Gasteiger partial charge in [0, 0.05) is 30.4 Å². The van der Waals surface area contributed by atoms with Gasteiger partial charge in [-0.2, -0.15) is 0 Å². The van der Waals surface area contributed by atoms with E-state index in [-0.39, 0.29) is 23.5 Å². The van der Waals surface area contributed by atoms with E-state index in [9.17, 15) is 9.90 Å². The summed E-state index contributed by atoms with van der Waals surface area (Å²) in [6.45, 7) is 2.25. The number of benzene rings is 2. The number of rotatable bonds is 4. The summed E-state index contributed by atoms with van der Waals surface area (Å²) in [6.07, 6.45) is 4.73. The minimum absolute atomic E-state index is 0.0336. The quantitative estimate of drug-likeness (QED) is 0.883. The number of nitrogens with zero attached hydrogens (tertiary/aromatic N) is 1. The molecule has 2 unspecified atom stereocenters. The molecule has 1 amide bonds. The minimum Gasteiger partial charge on any atom is -0.508 e. The van der Waals surface area contributed by atoms with Crippen molar-refractivity contribution in [3.8, 4) is 5.75 Å². The second kappa shape index (κ2) is 6.79. The summed E-state index contributed by atoms with van der Waals surface area (Å²) in [7, 11) is 0. The maximum absolute atomic E-state index is 12.4. The Kier molecular flexibility index (Phi) is 4.35. The minimum atomic E-state index is 0.0336. The molecule has 2 N–H and O–H groups in total. The normalized spacial score (nSPS) is 22.5. The van der Waals surface area contributed by atoms with Crippen molar-refractivity contribution in [3.63, 3.8) is 0 Å². The van der Waals surface area contributed by atoms with Crippen LogP contribution in [0.15, 0.2) is 48.5 Å². The van der Waals surface area contributed by atoms with E-state index < -0.39 is 0 Å². The molecule has 1 aliphatic heterocycles. The Labute approximate surface area is 148 Å². The molecular weight excluding hydrogens is 312 g/mol. The fourth-order valence-electron chi connectivity index (χ4n) is 3.72. The molecule has 1 saturated heterocycles. The van der Waals surface area contributed by atoms with Crippen LogP contribution in [0.25, 0.3) is 0 Å². The second-order valence-electron chi connectivity index (χ2n) is 7.12. The Morgan fingerprint density at radius 2 is 1.64 bits per heavy atom. The van der Waals surface area contributed by atoms with Gasteiger partial charge in [0.2, 0.25) is 5.91 Å². The van der Waals surface area contributed by atoms with E-state index in [0.717, 1.165) is 30.8 Å². The third-order valence-electron chi connectivity index (χ3n) is 5.30. The number of carbonyl (C=O) groups excluding carboxylic acids is 1. The molecule has 0 radical (unpaired) electrons. The van der Waals surface area contributed by atoms with Crippen LogP contribution in [-0.2, 0) is 4.79 Å². The highest BCUT2D eigenvalue weighted by Gasteiger charge is 2.43. The highest BCUT2D eigenvalue weighted by molar-refractivity contribution is 5.95. The van der Waals surface area contributed by atoms with Gasteiger partial charge in [-0.1, -0.05) is 12.1 Å². The molecule has 130 valence electrons. The monoisotopic (exact) mass is 336 g/mol. The van der Waals surface area contributed by atoms with Gasteiger partial charge >= 0.3 is 0 Å². The third-order valence-corrected chi connectivity index (χ3v) is 5.30. The van der Waals surface area contributed by atoms with Gasteiger partial charge < -0.3 is 15.3 Å². The summed E-state index contributed by atoms with van der Waals surface area (Å²) in [5, 5.41) is 12.4. The molecule has 4 heteroatoms. The van der Waals surface area contributed by atoms with Crippen molar-refractivity contribution >= 4 is 17.3 Å². The van der Waals surface area contributed by atoms with Crippen molar-refractivity contribution in [2.24, 2.45) is 5.92 Å². The number of carbonyl (C=O) groups is 1. The number of aromatic hydroxyl groups is 1. The lowest BCUT2D eigenvalue weighted by atomic mass is 10.1. The molecule has 25 heavy (non-hydrogen) atoms. The first-order chi connectivity index (χ1) is 12.2. The Bertz CT molecular complexity index is 733. The molecule has 1 aliphatic carbocycles. The average molecular weight is 336 g/mol. The molecule has 1 heterocycles. The van der Waals surface area contributed by atoms with Crippen molar-refractivity contribution in [1.29, 1.82) is 0 Å². The maximum atomic E-state index is 12.4. The van der Waals surface area contributed by atoms with Crippen LogP contribution >= 0.6 is 0 Å². The summed E-state index contributed by atoms with van der Waals surface area (Å²) >= 11 is 0. The molecule has 2 atom stereocenters. The first-order valence-electron chi connectivity index (χ1n) is 9.15. The van der Waals surface area contributed by atoms with Gasteiger partial charge in [0.05, 0.1) is 0 Å². The fraction of sp³-hybridized carbons (Fsp3) is 0.381. The number of piperidine rings is 1. The van der Waals surface area contributed by atoms with Crippen LogP contribution in [0, 0.1) is 5.92 Å². The van der Waals surface area contributed by atoms with Crippen LogP contribution in [0.4, 0.5) is 11.4 Å². The predicted molar refractivity (Wildman–Crippen MR) is 100 cm³/mol. The number of hydrogen-bond donors (Lipinski definition) is 2. The second-order valence-corrected chi connectivity index (χ2v) is 7.12. The van der Waals surface area contributed by atoms with Gasteiger partial charge in [-0.25, -0.2) is 0 Å². The van der Waals surface area contributed by atoms with Crippen molar-refractivity contribution in [3.05, 3.63) is 54.1 Å². The Balaban J connectivity index is 1.34. The zero-order valence-corrected chi connectivity index (χ0v) is 14.3. The van der Waals surface area contributed by atoms with E-state index in [4.69, 9.17) is 0 Å². The van der Waals surface area contributed by atoms with Crippen LogP contribution < -0.4 is 10.2 Å². The number of anilines is 2. The van der Waals surface area contributed by atoms with Gasteiger partial charge in [0.1, 0.15) is 5.75 Å². The molecule has 2 aliphatic rings. The van der Waals surface area contributed by atoms with Crippen LogP contribution in [0.2, 0.25) is 0 Å². The van der Waals surface area contributed by atoms with Gasteiger partial charge in [0.15, 0.2) is 0 Å². The maximum Gasteiger partial charge on any atom is 0.228 e. The fourth-order valence-corrected chi connectivity index (χ4v) is 3.72. The smallest absolute Gasteiger partial charge is 0.228 e. The highest BCUT2D eigenvalue weighted by Crippen LogP contribution is 2.48. The molecule has 4 nitrogen and oxygen atoms in total. The lowest BCUT2D eigenvalue weighted by Gasteiger charge is -2.28. The summed E-state index contributed by atoms with van der Waals surface area (Å²) in [5.41, 5.74) is 3.23. The molecule has 2 aromatic rings. The Morgan fingerprint density at radius 3 is 2.32 bits per heavy atom. The van der Waals surface area contributed by atoms with Gasteiger partial charge in [0.25, 0.3) is 0 Å². The van der Waals surface area contributed by atoms with E-state index in [1.807, 2.05) is 24.3 Å². The van der Waals surface area contributed by atoms with Crippen LogP contribution in [-0.4, -0.2) is 24.1 Å². The summed E-state index contributed by atoms with van der Waals surface area (Å²) in [5.74, 6) is 0.655. The van der Waals surface area contributed by atoms with Crippen molar-refractivity contribution < 1.29 is 9.90 Å². The Morgan fingerprint density at radius 1 is 0.960 bits per heavy atom. The topological polar surface area (TPSA) is 52.6 Å². The standard InChI is InChI=1S/C21H24N2O2/c24-18-10-4-15(5-11-18)19-14-20(19)21(25)22-16-6-8-17(9-7-16)23-12-2-1-3-13-23/h4-11,19-20,24H,1-3,12-14H2,(H,22,25). The Hall–Kier alpha value is -2.49. The molecule has 1 saturated carbocycles. The van der Waals surface area contributed by atoms with E-state index in [2.05, 4.69) is 22.3 Å². The van der Waals surface area contributed by atoms with Gasteiger partial charge in [-0.3, -0.25) is 4.79 Å². The predicted octanol–water partition coefficient (Wildman–Crippen LogP) is 4.12. The number of amides is 1. The average Bonchev–Trinajstić information content (AvgIpc) is 3.45.